The van der Waals surface area contributed by atoms with Crippen molar-refractivity contribution in [1.82, 2.24) is 9.80 Å². The molecule has 1 aromatic carbocycles. The number of nitrogens with two attached hydrogens (primary N) is 1. The first-order valence-corrected chi connectivity index (χ1v) is 7.84. The second-order valence-electron chi connectivity index (χ2n) is 5.64. The van der Waals surface area contributed by atoms with Crippen LogP contribution in [0.1, 0.15) is 16.8 Å². The fourth-order valence-electron chi connectivity index (χ4n) is 2.58. The molecule has 25 heavy (non-hydrogen) atoms. The Balaban J connectivity index is 1.98. The highest BCUT2D eigenvalue weighted by molar-refractivity contribution is 5.96. The van der Waals surface area contributed by atoms with Crippen molar-refractivity contribution in [3.05, 3.63) is 29.6 Å². The number of amides is 4. The Kier molecular flexibility index (Phi) is 6.29. The van der Waals surface area contributed by atoms with E-state index >= 15 is 0 Å². The number of hydrogen-bond donors (Lipinski definition) is 2. The lowest BCUT2D eigenvalue weighted by Gasteiger charge is -2.22. The highest BCUT2D eigenvalue weighted by Gasteiger charge is 2.22. The van der Waals surface area contributed by atoms with Crippen molar-refractivity contribution in [1.29, 1.82) is 0 Å². The lowest BCUT2D eigenvalue weighted by atomic mass is 10.2. The van der Waals surface area contributed by atoms with Crippen LogP contribution in [0.2, 0.25) is 0 Å². The minimum absolute atomic E-state index is 0.0116. The summed E-state index contributed by atoms with van der Waals surface area (Å²) in [4.78, 5) is 38.6. The van der Waals surface area contributed by atoms with Gasteiger partial charge in [0.1, 0.15) is 12.4 Å². The number of primary amides is 1. The maximum atomic E-state index is 13.5. The molecule has 3 N–H and O–H groups in total. The fourth-order valence-corrected chi connectivity index (χ4v) is 2.58. The molecule has 0 bridgehead atoms. The average Bonchev–Trinajstić information content (AvgIpc) is 2.82. The van der Waals surface area contributed by atoms with Gasteiger partial charge in [0.2, 0.25) is 5.91 Å². The number of anilines is 1. The molecule has 1 saturated heterocycles. The molecule has 2 rings (SSSR count). The standard InChI is InChI=1S/C16H21FN4O4/c1-25-10-14(22)20-5-2-6-21(8-7-20)16(24)19-11-3-4-13(17)12(9-11)15(18)23/h3-4,9H,2,5-8,10H2,1H3,(H2,18,23)(H,19,24). The number of halogens is 1. The highest BCUT2D eigenvalue weighted by Crippen LogP contribution is 2.15. The Morgan fingerprint density at radius 3 is 2.56 bits per heavy atom. The summed E-state index contributed by atoms with van der Waals surface area (Å²) in [5.74, 6) is -1.77. The van der Waals surface area contributed by atoms with Crippen molar-refractivity contribution in [3.63, 3.8) is 0 Å². The molecule has 1 heterocycles. The third kappa shape index (κ3) is 4.90. The number of benzene rings is 1. The van der Waals surface area contributed by atoms with E-state index < -0.39 is 11.7 Å². The van der Waals surface area contributed by atoms with E-state index in [9.17, 15) is 18.8 Å². The summed E-state index contributed by atoms with van der Waals surface area (Å²) in [6.45, 7) is 1.81. The summed E-state index contributed by atoms with van der Waals surface area (Å²) in [5.41, 5.74) is 5.08. The summed E-state index contributed by atoms with van der Waals surface area (Å²) in [7, 11) is 1.46. The molecule has 1 aromatic rings. The van der Waals surface area contributed by atoms with Gasteiger partial charge in [-0.05, 0) is 24.6 Å². The second kappa shape index (κ2) is 8.43. The van der Waals surface area contributed by atoms with Gasteiger partial charge in [0, 0.05) is 39.0 Å². The van der Waals surface area contributed by atoms with Crippen LogP contribution in [0.25, 0.3) is 0 Å². The van der Waals surface area contributed by atoms with Crippen molar-refractivity contribution in [2.45, 2.75) is 6.42 Å². The van der Waals surface area contributed by atoms with Crippen LogP contribution < -0.4 is 11.1 Å². The third-order valence-electron chi connectivity index (χ3n) is 3.89. The van der Waals surface area contributed by atoms with E-state index in [0.717, 1.165) is 6.07 Å². The molecule has 1 aliphatic heterocycles. The molecule has 0 unspecified atom stereocenters. The quantitative estimate of drug-likeness (QED) is 0.829. The van der Waals surface area contributed by atoms with E-state index in [1.807, 2.05) is 0 Å². The summed E-state index contributed by atoms with van der Waals surface area (Å²) in [6, 6.07) is 3.24. The van der Waals surface area contributed by atoms with E-state index in [-0.39, 0.29) is 29.8 Å². The van der Waals surface area contributed by atoms with E-state index in [2.05, 4.69) is 5.32 Å². The van der Waals surface area contributed by atoms with Gasteiger partial charge in [0.25, 0.3) is 5.91 Å². The van der Waals surface area contributed by atoms with Crippen LogP contribution in [-0.2, 0) is 9.53 Å². The minimum atomic E-state index is -0.907. The topological polar surface area (TPSA) is 105 Å². The van der Waals surface area contributed by atoms with Crippen molar-refractivity contribution >= 4 is 23.5 Å². The number of urea groups is 1. The highest BCUT2D eigenvalue weighted by atomic mass is 19.1. The summed E-state index contributed by atoms with van der Waals surface area (Å²) < 4.78 is 18.3. The van der Waals surface area contributed by atoms with Gasteiger partial charge in [-0.3, -0.25) is 9.59 Å². The molecule has 1 aliphatic rings. The molecule has 136 valence electrons. The SMILES string of the molecule is COCC(=O)N1CCCN(C(=O)Nc2ccc(F)c(C(N)=O)c2)CC1. The van der Waals surface area contributed by atoms with Gasteiger partial charge in [0.05, 0.1) is 5.56 Å². The van der Waals surface area contributed by atoms with E-state index in [1.165, 1.54) is 19.2 Å². The first-order chi connectivity index (χ1) is 11.9. The second-order valence-corrected chi connectivity index (χ2v) is 5.64. The number of nitrogens with one attached hydrogen (secondary N) is 1. The summed E-state index contributed by atoms with van der Waals surface area (Å²) in [6.07, 6.45) is 0.638. The lowest BCUT2D eigenvalue weighted by molar-refractivity contribution is -0.135. The van der Waals surface area contributed by atoms with E-state index in [1.54, 1.807) is 9.80 Å². The van der Waals surface area contributed by atoms with Gasteiger partial charge < -0.3 is 25.6 Å². The number of rotatable bonds is 4. The van der Waals surface area contributed by atoms with Crippen LogP contribution in [-0.4, -0.2) is 67.5 Å². The molecule has 0 saturated carbocycles. The Bertz CT molecular complexity index is 668. The fraction of sp³-hybridized carbons (Fsp3) is 0.438. The van der Waals surface area contributed by atoms with Crippen LogP contribution in [0.5, 0.6) is 0 Å². The lowest BCUT2D eigenvalue weighted by Crippen LogP contribution is -2.40. The predicted molar refractivity (Wildman–Crippen MR) is 88.6 cm³/mol. The molecule has 9 heteroatoms. The molecule has 4 amide bonds. The molecule has 8 nitrogen and oxygen atoms in total. The van der Waals surface area contributed by atoms with Crippen LogP contribution >= 0.6 is 0 Å². The number of carbonyl (C=O) groups excluding carboxylic acids is 3. The van der Waals surface area contributed by atoms with Crippen molar-refractivity contribution < 1.29 is 23.5 Å². The largest absolute Gasteiger partial charge is 0.375 e. The monoisotopic (exact) mass is 352 g/mol. The first kappa shape index (κ1) is 18.7. The van der Waals surface area contributed by atoms with Gasteiger partial charge in [-0.2, -0.15) is 0 Å². The summed E-state index contributed by atoms with van der Waals surface area (Å²) in [5, 5.41) is 2.62. The molecule has 0 radical (unpaired) electrons. The average molecular weight is 352 g/mol. The van der Waals surface area contributed by atoms with Gasteiger partial charge in [0.15, 0.2) is 0 Å². The van der Waals surface area contributed by atoms with Crippen molar-refractivity contribution in [2.75, 3.05) is 45.2 Å². The zero-order valence-corrected chi connectivity index (χ0v) is 14.0. The van der Waals surface area contributed by atoms with Gasteiger partial charge in [-0.25, -0.2) is 9.18 Å². The normalized spacial score (nSPS) is 14.8. The number of methoxy groups -OCH3 is 1. The van der Waals surface area contributed by atoms with Crippen molar-refractivity contribution in [3.8, 4) is 0 Å². The molecule has 0 atom stereocenters. The van der Waals surface area contributed by atoms with E-state index in [4.69, 9.17) is 10.5 Å². The maximum Gasteiger partial charge on any atom is 0.321 e. The Hall–Kier alpha value is -2.68. The number of carbonyl (C=O) groups is 3. The van der Waals surface area contributed by atoms with Gasteiger partial charge >= 0.3 is 6.03 Å². The predicted octanol–water partition coefficient (Wildman–Crippen LogP) is 0.637. The number of ether oxygens (including phenoxy) is 1. The Labute approximate surface area is 144 Å². The smallest absolute Gasteiger partial charge is 0.321 e. The molecular formula is C16H21FN4O4. The van der Waals surface area contributed by atoms with Crippen LogP contribution in [0, 0.1) is 5.82 Å². The zero-order valence-electron chi connectivity index (χ0n) is 14.0. The van der Waals surface area contributed by atoms with Crippen LogP contribution in [0.3, 0.4) is 0 Å². The van der Waals surface area contributed by atoms with Crippen LogP contribution in [0.15, 0.2) is 18.2 Å². The van der Waals surface area contributed by atoms with Gasteiger partial charge in [-0.1, -0.05) is 0 Å². The van der Waals surface area contributed by atoms with Gasteiger partial charge in [-0.15, -0.1) is 0 Å². The Morgan fingerprint density at radius 1 is 1.20 bits per heavy atom. The first-order valence-electron chi connectivity index (χ1n) is 7.84. The molecule has 0 aliphatic carbocycles. The molecule has 0 aromatic heterocycles. The molecule has 0 spiro atoms. The maximum absolute atomic E-state index is 13.5. The molecular weight excluding hydrogens is 331 g/mol. The number of nitrogens with zero attached hydrogens (tertiary/aromatic N) is 2. The summed E-state index contributed by atoms with van der Waals surface area (Å²) >= 11 is 0. The Morgan fingerprint density at radius 2 is 1.88 bits per heavy atom. The zero-order chi connectivity index (χ0) is 18.4. The number of hydrogen-bond acceptors (Lipinski definition) is 4. The minimum Gasteiger partial charge on any atom is -0.375 e. The van der Waals surface area contributed by atoms with E-state index in [0.29, 0.717) is 32.6 Å². The molecule has 1 fully saturated rings. The van der Waals surface area contributed by atoms with Crippen LogP contribution in [0.4, 0.5) is 14.9 Å². The van der Waals surface area contributed by atoms with Crippen molar-refractivity contribution in [2.24, 2.45) is 5.73 Å². The third-order valence-corrected chi connectivity index (χ3v) is 3.89.